The van der Waals surface area contributed by atoms with Crippen molar-refractivity contribution in [3.63, 3.8) is 0 Å². The minimum atomic E-state index is -0.266. The summed E-state index contributed by atoms with van der Waals surface area (Å²) in [7, 11) is 0. The van der Waals surface area contributed by atoms with Crippen LogP contribution in [0.1, 0.15) is 53.8 Å². The maximum absolute atomic E-state index is 12.1. The number of hydrogen-bond donors (Lipinski definition) is 0. The molecule has 0 aromatic carbocycles. The van der Waals surface area contributed by atoms with Crippen molar-refractivity contribution >= 4 is 11.9 Å². The van der Waals surface area contributed by atoms with Crippen LogP contribution in [-0.4, -0.2) is 26.2 Å². The fourth-order valence-electron chi connectivity index (χ4n) is 2.07. The lowest BCUT2D eigenvalue weighted by molar-refractivity contribution is -0.120. The zero-order valence-corrected chi connectivity index (χ0v) is 12.1. The molecule has 18 heavy (non-hydrogen) atoms. The molecule has 1 aliphatic rings. The van der Waals surface area contributed by atoms with E-state index in [1.54, 1.807) is 4.90 Å². The molecule has 0 radical (unpaired) electrons. The Morgan fingerprint density at radius 2 is 1.72 bits per heavy atom. The first-order chi connectivity index (χ1) is 8.10. The van der Waals surface area contributed by atoms with Crippen molar-refractivity contribution in [3.05, 3.63) is 5.82 Å². The van der Waals surface area contributed by atoms with E-state index in [4.69, 9.17) is 0 Å². The van der Waals surface area contributed by atoms with Gasteiger partial charge in [-0.25, -0.2) is 4.68 Å². The van der Waals surface area contributed by atoms with Crippen molar-refractivity contribution < 1.29 is 4.79 Å². The second kappa shape index (κ2) is 3.80. The standard InChI is InChI=1S/C13H22N4O/c1-12(2,3)10-14-11-16(15-10)8-7-9(18)17(11)13(4,5)6/h7-8H2,1-6H3. The highest BCUT2D eigenvalue weighted by molar-refractivity contribution is 5.94. The highest BCUT2D eigenvalue weighted by Crippen LogP contribution is 2.29. The Kier molecular flexibility index (Phi) is 2.76. The molecular formula is C13H22N4O. The molecule has 1 aliphatic heterocycles. The SMILES string of the molecule is CC(C)(C)c1nc2n(n1)CCC(=O)N2C(C)(C)C. The van der Waals surface area contributed by atoms with E-state index in [2.05, 4.69) is 30.9 Å². The van der Waals surface area contributed by atoms with Gasteiger partial charge in [-0.3, -0.25) is 9.69 Å². The topological polar surface area (TPSA) is 51.0 Å². The predicted molar refractivity (Wildman–Crippen MR) is 70.6 cm³/mol. The zero-order chi connectivity index (χ0) is 13.7. The number of rotatable bonds is 0. The van der Waals surface area contributed by atoms with Gasteiger partial charge >= 0.3 is 0 Å². The van der Waals surface area contributed by atoms with Gasteiger partial charge in [0.2, 0.25) is 11.9 Å². The number of anilines is 1. The number of hydrogen-bond acceptors (Lipinski definition) is 3. The Hall–Kier alpha value is -1.39. The van der Waals surface area contributed by atoms with Crippen LogP contribution in [0.4, 0.5) is 5.95 Å². The van der Waals surface area contributed by atoms with Crippen molar-refractivity contribution in [3.8, 4) is 0 Å². The lowest BCUT2D eigenvalue weighted by atomic mass is 9.96. The molecule has 5 heteroatoms. The quantitative estimate of drug-likeness (QED) is 0.708. The van der Waals surface area contributed by atoms with Crippen LogP contribution < -0.4 is 4.90 Å². The van der Waals surface area contributed by atoms with E-state index in [1.807, 2.05) is 25.5 Å². The highest BCUT2D eigenvalue weighted by atomic mass is 16.2. The molecule has 0 aliphatic carbocycles. The van der Waals surface area contributed by atoms with Crippen LogP contribution in [0.25, 0.3) is 0 Å². The van der Waals surface area contributed by atoms with E-state index in [9.17, 15) is 4.79 Å². The van der Waals surface area contributed by atoms with Gasteiger partial charge in [0, 0.05) is 17.4 Å². The molecule has 1 aromatic heterocycles. The lowest BCUT2D eigenvalue weighted by Crippen LogP contribution is -2.49. The van der Waals surface area contributed by atoms with Crippen LogP contribution >= 0.6 is 0 Å². The minimum absolute atomic E-state index is 0.100. The van der Waals surface area contributed by atoms with Crippen LogP contribution in [0.3, 0.4) is 0 Å². The lowest BCUT2D eigenvalue weighted by Gasteiger charge is -2.36. The molecular weight excluding hydrogens is 228 g/mol. The smallest absolute Gasteiger partial charge is 0.231 e. The molecule has 2 heterocycles. The van der Waals surface area contributed by atoms with Crippen LogP contribution in [0.15, 0.2) is 0 Å². The van der Waals surface area contributed by atoms with Gasteiger partial charge in [0.15, 0.2) is 5.82 Å². The van der Waals surface area contributed by atoms with Crippen molar-refractivity contribution in [2.24, 2.45) is 0 Å². The average molecular weight is 250 g/mol. The van der Waals surface area contributed by atoms with Crippen molar-refractivity contribution in [2.75, 3.05) is 4.90 Å². The van der Waals surface area contributed by atoms with Gasteiger partial charge in [-0.15, -0.1) is 0 Å². The summed E-state index contributed by atoms with van der Waals surface area (Å²) in [5.74, 6) is 1.60. The molecule has 0 atom stereocenters. The van der Waals surface area contributed by atoms with Crippen LogP contribution in [0.2, 0.25) is 0 Å². The number of nitrogens with zero attached hydrogens (tertiary/aromatic N) is 4. The molecule has 0 bridgehead atoms. The Bertz CT molecular complexity index is 476. The van der Waals surface area contributed by atoms with E-state index in [0.29, 0.717) is 18.9 Å². The van der Waals surface area contributed by atoms with Crippen molar-refractivity contribution in [1.29, 1.82) is 0 Å². The predicted octanol–water partition coefficient (Wildman–Crippen LogP) is 2.11. The van der Waals surface area contributed by atoms with Crippen LogP contribution in [-0.2, 0) is 16.8 Å². The monoisotopic (exact) mass is 250 g/mol. The summed E-state index contributed by atoms with van der Waals surface area (Å²) in [4.78, 5) is 18.4. The molecule has 2 rings (SSSR count). The van der Waals surface area contributed by atoms with Crippen LogP contribution in [0, 0.1) is 0 Å². The summed E-state index contributed by atoms with van der Waals surface area (Å²) in [5.41, 5.74) is -0.367. The summed E-state index contributed by atoms with van der Waals surface area (Å²) in [5, 5.41) is 4.53. The highest BCUT2D eigenvalue weighted by Gasteiger charge is 2.36. The zero-order valence-electron chi connectivity index (χ0n) is 12.1. The Balaban J connectivity index is 2.51. The van der Waals surface area contributed by atoms with Gasteiger partial charge < -0.3 is 0 Å². The molecule has 0 saturated heterocycles. The molecule has 5 nitrogen and oxygen atoms in total. The van der Waals surface area contributed by atoms with Crippen LogP contribution in [0.5, 0.6) is 0 Å². The Morgan fingerprint density at radius 1 is 1.11 bits per heavy atom. The second-order valence-electron chi connectivity index (χ2n) is 6.86. The third kappa shape index (κ3) is 2.13. The summed E-state index contributed by atoms with van der Waals surface area (Å²) < 4.78 is 1.85. The molecule has 0 spiro atoms. The van der Waals surface area contributed by atoms with Gasteiger partial charge in [0.25, 0.3) is 0 Å². The number of aryl methyl sites for hydroxylation is 1. The average Bonchev–Trinajstić information content (AvgIpc) is 2.57. The maximum Gasteiger partial charge on any atom is 0.231 e. The molecule has 0 N–H and O–H groups in total. The summed E-state index contributed by atoms with van der Waals surface area (Å²) in [6.45, 7) is 12.9. The third-order valence-corrected chi connectivity index (χ3v) is 2.98. The van der Waals surface area contributed by atoms with Crippen molar-refractivity contribution in [1.82, 2.24) is 14.8 Å². The molecule has 100 valence electrons. The second-order valence-corrected chi connectivity index (χ2v) is 6.86. The summed E-state index contributed by atoms with van der Waals surface area (Å²) in [6, 6.07) is 0. The summed E-state index contributed by atoms with van der Waals surface area (Å²) >= 11 is 0. The molecule has 0 saturated carbocycles. The first-order valence-corrected chi connectivity index (χ1v) is 6.39. The van der Waals surface area contributed by atoms with Gasteiger partial charge in [0.1, 0.15) is 0 Å². The number of fused-ring (bicyclic) bond motifs is 1. The van der Waals surface area contributed by atoms with Crippen molar-refractivity contribution in [2.45, 2.75) is 65.5 Å². The molecule has 0 unspecified atom stereocenters. The number of carbonyl (C=O) groups is 1. The first-order valence-electron chi connectivity index (χ1n) is 6.39. The van der Waals surface area contributed by atoms with E-state index < -0.39 is 0 Å². The number of aromatic nitrogens is 3. The van der Waals surface area contributed by atoms with E-state index in [1.165, 1.54) is 0 Å². The fourth-order valence-corrected chi connectivity index (χ4v) is 2.07. The van der Waals surface area contributed by atoms with Gasteiger partial charge in [-0.05, 0) is 20.8 Å². The number of amides is 1. The third-order valence-electron chi connectivity index (χ3n) is 2.98. The molecule has 1 aromatic rings. The van der Waals surface area contributed by atoms with E-state index in [0.717, 1.165) is 5.82 Å². The maximum atomic E-state index is 12.1. The van der Waals surface area contributed by atoms with Gasteiger partial charge in [-0.2, -0.15) is 10.1 Å². The van der Waals surface area contributed by atoms with Gasteiger partial charge in [0.05, 0.1) is 6.54 Å². The largest absolute Gasteiger partial charge is 0.275 e. The molecule has 0 fully saturated rings. The Labute approximate surface area is 108 Å². The van der Waals surface area contributed by atoms with Gasteiger partial charge in [-0.1, -0.05) is 20.8 Å². The Morgan fingerprint density at radius 3 is 2.22 bits per heavy atom. The summed E-state index contributed by atoms with van der Waals surface area (Å²) in [6.07, 6.45) is 0.497. The van der Waals surface area contributed by atoms with E-state index in [-0.39, 0.29) is 16.9 Å². The minimum Gasteiger partial charge on any atom is -0.275 e. The normalized spacial score (nSPS) is 17.0. The molecule has 1 amide bonds. The fraction of sp³-hybridized carbons (Fsp3) is 0.769. The van der Waals surface area contributed by atoms with E-state index >= 15 is 0 Å². The first kappa shape index (κ1) is 13.1. The number of carbonyl (C=O) groups excluding carboxylic acids is 1.